The molecule has 2 nitrogen and oxygen atoms in total. The molecule has 0 radical (unpaired) electrons. The third kappa shape index (κ3) is 3.14. The highest BCUT2D eigenvalue weighted by Crippen LogP contribution is 2.29. The predicted octanol–water partition coefficient (Wildman–Crippen LogP) is 3.99. The SMILES string of the molecule is COc1ccc(C(O)c2cc(C)cc(Br)c2)c(F)c1. The molecule has 0 aromatic heterocycles. The number of benzene rings is 2. The summed E-state index contributed by atoms with van der Waals surface area (Å²) in [6.07, 6.45) is -0.998. The highest BCUT2D eigenvalue weighted by atomic mass is 79.9. The summed E-state index contributed by atoms with van der Waals surface area (Å²) < 4.78 is 19.7. The first-order valence-electron chi connectivity index (χ1n) is 5.80. The van der Waals surface area contributed by atoms with Gasteiger partial charge in [-0.3, -0.25) is 0 Å². The van der Waals surface area contributed by atoms with Gasteiger partial charge >= 0.3 is 0 Å². The molecule has 0 fully saturated rings. The molecular weight excluding hydrogens is 311 g/mol. The first-order chi connectivity index (χ1) is 9.01. The summed E-state index contributed by atoms with van der Waals surface area (Å²) >= 11 is 3.37. The summed E-state index contributed by atoms with van der Waals surface area (Å²) in [6.45, 7) is 1.92. The van der Waals surface area contributed by atoms with Crippen molar-refractivity contribution in [1.82, 2.24) is 0 Å². The van der Waals surface area contributed by atoms with Gasteiger partial charge in [-0.2, -0.15) is 0 Å². The fraction of sp³-hybridized carbons (Fsp3) is 0.200. The lowest BCUT2D eigenvalue weighted by Crippen LogP contribution is -2.03. The number of rotatable bonds is 3. The second kappa shape index (κ2) is 5.72. The molecule has 0 bridgehead atoms. The lowest BCUT2D eigenvalue weighted by molar-refractivity contribution is 0.214. The van der Waals surface area contributed by atoms with Gasteiger partial charge < -0.3 is 9.84 Å². The second-order valence-corrected chi connectivity index (χ2v) is 5.27. The number of aliphatic hydroxyl groups is 1. The van der Waals surface area contributed by atoms with Crippen LogP contribution in [0.1, 0.15) is 22.8 Å². The molecule has 1 unspecified atom stereocenters. The van der Waals surface area contributed by atoms with Crippen LogP contribution >= 0.6 is 15.9 Å². The molecule has 2 aromatic carbocycles. The number of aliphatic hydroxyl groups excluding tert-OH is 1. The van der Waals surface area contributed by atoms with Crippen molar-refractivity contribution in [2.24, 2.45) is 0 Å². The summed E-state index contributed by atoms with van der Waals surface area (Å²) in [6, 6.07) is 9.98. The van der Waals surface area contributed by atoms with E-state index < -0.39 is 11.9 Å². The molecule has 100 valence electrons. The molecule has 0 saturated carbocycles. The Morgan fingerprint density at radius 1 is 1.21 bits per heavy atom. The van der Waals surface area contributed by atoms with Crippen molar-refractivity contribution in [3.63, 3.8) is 0 Å². The summed E-state index contributed by atoms with van der Waals surface area (Å²) in [4.78, 5) is 0. The Bertz CT molecular complexity index is 578. The van der Waals surface area contributed by atoms with Crippen LogP contribution in [0.5, 0.6) is 5.75 Å². The van der Waals surface area contributed by atoms with Crippen LogP contribution in [0.2, 0.25) is 0 Å². The van der Waals surface area contributed by atoms with Crippen molar-refractivity contribution >= 4 is 15.9 Å². The molecule has 2 aromatic rings. The maximum Gasteiger partial charge on any atom is 0.133 e. The topological polar surface area (TPSA) is 29.5 Å². The molecular formula is C15H14BrFO2. The maximum absolute atomic E-state index is 13.9. The summed E-state index contributed by atoms with van der Waals surface area (Å²) in [5.41, 5.74) is 1.88. The van der Waals surface area contributed by atoms with Gasteiger partial charge in [0.1, 0.15) is 17.7 Å². The average Bonchev–Trinajstić information content (AvgIpc) is 2.36. The fourth-order valence-corrected chi connectivity index (χ4v) is 2.58. The van der Waals surface area contributed by atoms with E-state index in [0.29, 0.717) is 11.3 Å². The van der Waals surface area contributed by atoms with E-state index in [2.05, 4.69) is 15.9 Å². The van der Waals surface area contributed by atoms with E-state index in [-0.39, 0.29) is 5.56 Å². The van der Waals surface area contributed by atoms with E-state index in [1.165, 1.54) is 19.2 Å². The minimum Gasteiger partial charge on any atom is -0.497 e. The van der Waals surface area contributed by atoms with Gasteiger partial charge in [0.25, 0.3) is 0 Å². The molecule has 1 N–H and O–H groups in total. The highest BCUT2D eigenvalue weighted by Gasteiger charge is 2.16. The zero-order chi connectivity index (χ0) is 14.0. The van der Waals surface area contributed by atoms with Gasteiger partial charge in [-0.1, -0.05) is 22.0 Å². The average molecular weight is 325 g/mol. The molecule has 0 aliphatic rings. The third-order valence-electron chi connectivity index (χ3n) is 2.88. The Hall–Kier alpha value is -1.39. The molecule has 19 heavy (non-hydrogen) atoms. The zero-order valence-electron chi connectivity index (χ0n) is 10.7. The Labute approximate surface area is 120 Å². The number of hydrogen-bond acceptors (Lipinski definition) is 2. The predicted molar refractivity (Wildman–Crippen MR) is 75.9 cm³/mol. The number of halogens is 2. The number of ether oxygens (including phenoxy) is 1. The third-order valence-corrected chi connectivity index (χ3v) is 3.34. The lowest BCUT2D eigenvalue weighted by atomic mass is 9.99. The molecule has 2 rings (SSSR count). The van der Waals surface area contributed by atoms with Gasteiger partial charge in [-0.15, -0.1) is 0 Å². The molecule has 0 heterocycles. The van der Waals surface area contributed by atoms with Gasteiger partial charge in [0, 0.05) is 16.1 Å². The van der Waals surface area contributed by atoms with Crippen molar-refractivity contribution in [3.8, 4) is 5.75 Å². The number of hydrogen-bond donors (Lipinski definition) is 1. The second-order valence-electron chi connectivity index (χ2n) is 4.35. The fourth-order valence-electron chi connectivity index (χ4n) is 1.96. The zero-order valence-corrected chi connectivity index (χ0v) is 12.2. The summed E-state index contributed by atoms with van der Waals surface area (Å²) in [7, 11) is 1.47. The number of methoxy groups -OCH3 is 1. The molecule has 0 saturated heterocycles. The number of aryl methyl sites for hydroxylation is 1. The van der Waals surface area contributed by atoms with E-state index >= 15 is 0 Å². The van der Waals surface area contributed by atoms with Crippen molar-refractivity contribution in [1.29, 1.82) is 0 Å². The van der Waals surface area contributed by atoms with Crippen LogP contribution in [-0.2, 0) is 0 Å². The van der Waals surface area contributed by atoms with Crippen LogP contribution < -0.4 is 4.74 Å². The van der Waals surface area contributed by atoms with E-state index in [1.54, 1.807) is 12.1 Å². The Balaban J connectivity index is 2.40. The molecule has 0 aliphatic carbocycles. The van der Waals surface area contributed by atoms with Crippen LogP contribution in [-0.4, -0.2) is 12.2 Å². The van der Waals surface area contributed by atoms with Gasteiger partial charge in [0.15, 0.2) is 0 Å². The molecule has 1 atom stereocenters. The Morgan fingerprint density at radius 3 is 2.53 bits per heavy atom. The highest BCUT2D eigenvalue weighted by molar-refractivity contribution is 9.10. The van der Waals surface area contributed by atoms with Crippen LogP contribution in [0, 0.1) is 12.7 Å². The van der Waals surface area contributed by atoms with Crippen LogP contribution in [0.25, 0.3) is 0 Å². The Kier molecular flexibility index (Phi) is 4.22. The van der Waals surface area contributed by atoms with Crippen LogP contribution in [0.4, 0.5) is 4.39 Å². The molecule has 0 amide bonds. The van der Waals surface area contributed by atoms with Crippen molar-refractivity contribution in [3.05, 3.63) is 63.4 Å². The first-order valence-corrected chi connectivity index (χ1v) is 6.59. The van der Waals surface area contributed by atoms with E-state index in [1.807, 2.05) is 19.1 Å². The smallest absolute Gasteiger partial charge is 0.133 e. The maximum atomic E-state index is 13.9. The van der Waals surface area contributed by atoms with Crippen LogP contribution in [0.15, 0.2) is 40.9 Å². The van der Waals surface area contributed by atoms with Crippen molar-refractivity contribution < 1.29 is 14.2 Å². The van der Waals surface area contributed by atoms with Gasteiger partial charge in [-0.05, 0) is 42.3 Å². The van der Waals surface area contributed by atoms with Gasteiger partial charge in [-0.25, -0.2) is 4.39 Å². The van der Waals surface area contributed by atoms with E-state index in [4.69, 9.17) is 4.74 Å². The van der Waals surface area contributed by atoms with Gasteiger partial charge in [0.05, 0.1) is 7.11 Å². The summed E-state index contributed by atoms with van der Waals surface area (Å²) in [5.74, 6) is -0.0525. The van der Waals surface area contributed by atoms with Crippen molar-refractivity contribution in [2.75, 3.05) is 7.11 Å². The van der Waals surface area contributed by atoms with Gasteiger partial charge in [0.2, 0.25) is 0 Å². The van der Waals surface area contributed by atoms with E-state index in [9.17, 15) is 9.50 Å². The van der Waals surface area contributed by atoms with Crippen LogP contribution in [0.3, 0.4) is 0 Å². The molecule has 0 aliphatic heterocycles. The molecule has 4 heteroatoms. The normalized spacial score (nSPS) is 12.3. The monoisotopic (exact) mass is 324 g/mol. The largest absolute Gasteiger partial charge is 0.497 e. The van der Waals surface area contributed by atoms with E-state index in [0.717, 1.165) is 10.0 Å². The molecule has 0 spiro atoms. The summed E-state index contributed by atoms with van der Waals surface area (Å²) in [5, 5.41) is 10.3. The van der Waals surface area contributed by atoms with Crippen molar-refractivity contribution in [2.45, 2.75) is 13.0 Å². The standard InChI is InChI=1S/C15H14BrFO2/c1-9-5-10(7-11(16)6-9)15(18)13-4-3-12(19-2)8-14(13)17/h3-8,15,18H,1-2H3. The lowest BCUT2D eigenvalue weighted by Gasteiger charge is -2.14. The Morgan fingerprint density at radius 2 is 1.95 bits per heavy atom. The minimum absolute atomic E-state index is 0.235. The first kappa shape index (κ1) is 14.0. The quantitative estimate of drug-likeness (QED) is 0.925. The minimum atomic E-state index is -0.998.